The number of hydrogen-bond donors (Lipinski definition) is 1. The summed E-state index contributed by atoms with van der Waals surface area (Å²) in [6.45, 7) is 0.961. The first-order chi connectivity index (χ1) is 10.5. The van der Waals surface area contributed by atoms with Crippen LogP contribution in [0.15, 0.2) is 24.3 Å². The molecule has 8 nitrogen and oxygen atoms in total. The molecule has 0 aliphatic carbocycles. The molecule has 0 bridgehead atoms. The lowest BCUT2D eigenvalue weighted by Crippen LogP contribution is -2.46. The number of nitrogens with zero attached hydrogens (tertiary/aromatic N) is 2. The van der Waals surface area contributed by atoms with Crippen molar-refractivity contribution in [2.24, 2.45) is 0 Å². The molecule has 1 aromatic carbocycles. The molecular weight excluding hydrogens is 290 g/mol. The maximum absolute atomic E-state index is 12.2. The zero-order valence-electron chi connectivity index (χ0n) is 12.2. The van der Waals surface area contributed by atoms with E-state index in [1.165, 1.54) is 25.3 Å². The SMILES string of the molecule is COC(=O)N1CCC(NC(=O)c2ccccc2[N+](=O)[O-])CC1. The van der Waals surface area contributed by atoms with Gasteiger partial charge in [-0.1, -0.05) is 12.1 Å². The van der Waals surface area contributed by atoms with Crippen LogP contribution in [0.3, 0.4) is 0 Å². The molecule has 1 fully saturated rings. The van der Waals surface area contributed by atoms with Gasteiger partial charge in [0, 0.05) is 25.2 Å². The highest BCUT2D eigenvalue weighted by Gasteiger charge is 2.26. The third kappa shape index (κ3) is 3.51. The van der Waals surface area contributed by atoms with Crippen molar-refractivity contribution in [3.63, 3.8) is 0 Å². The number of nitro groups is 1. The lowest BCUT2D eigenvalue weighted by atomic mass is 10.0. The third-order valence-corrected chi connectivity index (χ3v) is 3.61. The van der Waals surface area contributed by atoms with Gasteiger partial charge in [-0.05, 0) is 18.9 Å². The van der Waals surface area contributed by atoms with E-state index in [-0.39, 0.29) is 23.4 Å². The summed E-state index contributed by atoms with van der Waals surface area (Å²) in [5.74, 6) is -0.469. The van der Waals surface area contributed by atoms with E-state index >= 15 is 0 Å². The molecule has 1 aliphatic rings. The predicted molar refractivity (Wildman–Crippen MR) is 77.6 cm³/mol. The maximum Gasteiger partial charge on any atom is 0.409 e. The van der Waals surface area contributed by atoms with E-state index in [0.29, 0.717) is 25.9 Å². The second-order valence-electron chi connectivity index (χ2n) is 4.98. The summed E-state index contributed by atoms with van der Waals surface area (Å²) >= 11 is 0. The van der Waals surface area contributed by atoms with Crippen molar-refractivity contribution >= 4 is 17.7 Å². The van der Waals surface area contributed by atoms with E-state index < -0.39 is 10.8 Å². The van der Waals surface area contributed by atoms with Gasteiger partial charge in [-0.15, -0.1) is 0 Å². The fourth-order valence-electron chi connectivity index (χ4n) is 2.42. The van der Waals surface area contributed by atoms with Crippen LogP contribution in [-0.2, 0) is 4.74 Å². The van der Waals surface area contributed by atoms with Crippen molar-refractivity contribution in [1.29, 1.82) is 0 Å². The Morgan fingerprint density at radius 3 is 2.55 bits per heavy atom. The normalized spacial score (nSPS) is 15.2. The van der Waals surface area contributed by atoms with E-state index in [1.54, 1.807) is 11.0 Å². The fraction of sp³-hybridized carbons (Fsp3) is 0.429. The fourth-order valence-corrected chi connectivity index (χ4v) is 2.42. The number of rotatable bonds is 3. The maximum atomic E-state index is 12.2. The average Bonchev–Trinajstić information content (AvgIpc) is 2.54. The molecule has 0 unspecified atom stereocenters. The smallest absolute Gasteiger partial charge is 0.409 e. The molecule has 2 amide bonds. The van der Waals surface area contributed by atoms with Gasteiger partial charge in [0.25, 0.3) is 11.6 Å². The molecule has 0 atom stereocenters. The highest BCUT2D eigenvalue weighted by Crippen LogP contribution is 2.18. The first-order valence-electron chi connectivity index (χ1n) is 6.90. The molecule has 1 aliphatic heterocycles. The zero-order chi connectivity index (χ0) is 16.1. The van der Waals surface area contributed by atoms with Crippen LogP contribution < -0.4 is 5.32 Å². The molecule has 1 N–H and O–H groups in total. The van der Waals surface area contributed by atoms with Crippen LogP contribution in [0.1, 0.15) is 23.2 Å². The summed E-state index contributed by atoms with van der Waals surface area (Å²) in [4.78, 5) is 35.5. The van der Waals surface area contributed by atoms with Gasteiger partial charge in [-0.2, -0.15) is 0 Å². The Hall–Kier alpha value is -2.64. The van der Waals surface area contributed by atoms with Gasteiger partial charge >= 0.3 is 6.09 Å². The zero-order valence-corrected chi connectivity index (χ0v) is 12.2. The van der Waals surface area contributed by atoms with Gasteiger partial charge in [0.15, 0.2) is 0 Å². The van der Waals surface area contributed by atoms with Gasteiger partial charge in [-0.3, -0.25) is 14.9 Å². The molecule has 1 aromatic rings. The van der Waals surface area contributed by atoms with Crippen LogP contribution >= 0.6 is 0 Å². The number of nitrogens with one attached hydrogen (secondary N) is 1. The second-order valence-corrected chi connectivity index (χ2v) is 4.98. The summed E-state index contributed by atoms with van der Waals surface area (Å²) in [5.41, 5.74) is -0.171. The molecule has 1 heterocycles. The number of para-hydroxylation sites is 1. The highest BCUT2D eigenvalue weighted by atomic mass is 16.6. The van der Waals surface area contributed by atoms with Crippen LogP contribution in [0.4, 0.5) is 10.5 Å². The highest BCUT2D eigenvalue weighted by molar-refractivity contribution is 5.98. The number of hydrogen-bond acceptors (Lipinski definition) is 5. The minimum Gasteiger partial charge on any atom is -0.453 e. The number of nitro benzene ring substituents is 1. The first-order valence-corrected chi connectivity index (χ1v) is 6.90. The monoisotopic (exact) mass is 307 g/mol. The Kier molecular flexibility index (Phi) is 4.92. The molecule has 0 aromatic heterocycles. The standard InChI is InChI=1S/C14H17N3O5/c1-22-14(19)16-8-6-10(7-9-16)15-13(18)11-4-2-3-5-12(11)17(20)21/h2-5,10H,6-9H2,1H3,(H,15,18). The van der Waals surface area contributed by atoms with Crippen molar-refractivity contribution in [3.8, 4) is 0 Å². The summed E-state index contributed by atoms with van der Waals surface area (Å²) in [5, 5.41) is 13.7. The minimum atomic E-state index is -0.575. The number of likely N-dealkylation sites (tertiary alicyclic amines) is 1. The second kappa shape index (κ2) is 6.88. The Balaban J connectivity index is 1.97. The Bertz CT molecular complexity index is 582. The van der Waals surface area contributed by atoms with Crippen LogP contribution in [0.25, 0.3) is 0 Å². The Labute approximate surface area is 127 Å². The average molecular weight is 307 g/mol. The molecule has 0 saturated carbocycles. The third-order valence-electron chi connectivity index (χ3n) is 3.61. The van der Waals surface area contributed by atoms with E-state index in [2.05, 4.69) is 10.1 Å². The molecule has 0 radical (unpaired) electrons. The van der Waals surface area contributed by atoms with Crippen molar-refractivity contribution in [2.75, 3.05) is 20.2 Å². The van der Waals surface area contributed by atoms with Crippen molar-refractivity contribution in [1.82, 2.24) is 10.2 Å². The Morgan fingerprint density at radius 1 is 1.32 bits per heavy atom. The number of benzene rings is 1. The minimum absolute atomic E-state index is 0.0443. The number of methoxy groups -OCH3 is 1. The van der Waals surface area contributed by atoms with Crippen LogP contribution in [0.5, 0.6) is 0 Å². The molecule has 118 valence electrons. The summed E-state index contributed by atoms with van der Waals surface area (Å²) in [6, 6.07) is 5.71. The topological polar surface area (TPSA) is 102 Å². The Morgan fingerprint density at radius 2 is 1.95 bits per heavy atom. The van der Waals surface area contributed by atoms with Gasteiger partial charge in [0.1, 0.15) is 5.56 Å². The van der Waals surface area contributed by atoms with Crippen molar-refractivity contribution in [2.45, 2.75) is 18.9 Å². The number of carbonyl (C=O) groups is 2. The van der Waals surface area contributed by atoms with E-state index in [0.717, 1.165) is 0 Å². The number of piperidine rings is 1. The number of amides is 2. The first kappa shape index (κ1) is 15.7. The van der Waals surface area contributed by atoms with Crippen molar-refractivity contribution in [3.05, 3.63) is 39.9 Å². The van der Waals surface area contributed by atoms with Crippen LogP contribution in [-0.4, -0.2) is 48.1 Å². The quantitative estimate of drug-likeness (QED) is 0.674. The van der Waals surface area contributed by atoms with Gasteiger partial charge in [-0.25, -0.2) is 4.79 Å². The molecular formula is C14H17N3O5. The summed E-state index contributed by atoms with van der Waals surface area (Å²) in [7, 11) is 1.32. The van der Waals surface area contributed by atoms with E-state index in [1.807, 2.05) is 0 Å². The van der Waals surface area contributed by atoms with Crippen LogP contribution in [0.2, 0.25) is 0 Å². The predicted octanol–water partition coefficient (Wildman–Crippen LogP) is 1.56. The lowest BCUT2D eigenvalue weighted by molar-refractivity contribution is -0.385. The van der Waals surface area contributed by atoms with Gasteiger partial charge in [0.2, 0.25) is 0 Å². The number of carbonyl (C=O) groups excluding carboxylic acids is 2. The van der Waals surface area contributed by atoms with Gasteiger partial charge in [0.05, 0.1) is 12.0 Å². The summed E-state index contributed by atoms with van der Waals surface area (Å²) in [6.07, 6.45) is 0.784. The van der Waals surface area contributed by atoms with E-state index in [4.69, 9.17) is 0 Å². The lowest BCUT2D eigenvalue weighted by Gasteiger charge is -2.31. The van der Waals surface area contributed by atoms with Gasteiger partial charge < -0.3 is 15.0 Å². The van der Waals surface area contributed by atoms with E-state index in [9.17, 15) is 19.7 Å². The summed E-state index contributed by atoms with van der Waals surface area (Å²) < 4.78 is 4.64. The number of ether oxygens (including phenoxy) is 1. The molecule has 0 spiro atoms. The molecule has 8 heteroatoms. The van der Waals surface area contributed by atoms with Crippen molar-refractivity contribution < 1.29 is 19.2 Å². The van der Waals surface area contributed by atoms with Crippen LogP contribution in [0, 0.1) is 10.1 Å². The molecule has 22 heavy (non-hydrogen) atoms. The largest absolute Gasteiger partial charge is 0.453 e. The molecule has 1 saturated heterocycles. The molecule has 2 rings (SSSR count).